The fourth-order valence-electron chi connectivity index (χ4n) is 2.47. The molecule has 1 aliphatic rings. The molecule has 98 valence electrons. The van der Waals surface area contributed by atoms with Crippen LogP contribution in [0.15, 0.2) is 18.5 Å². The smallest absolute Gasteiger partial charge is 0.255 e. The second-order valence-corrected chi connectivity index (χ2v) is 4.90. The third kappa shape index (κ3) is 3.07. The van der Waals surface area contributed by atoms with Gasteiger partial charge in [0.15, 0.2) is 0 Å². The monoisotopic (exact) mass is 247 g/mol. The van der Waals surface area contributed by atoms with E-state index in [1.807, 2.05) is 17.9 Å². The summed E-state index contributed by atoms with van der Waals surface area (Å²) in [5.41, 5.74) is 1.73. The van der Waals surface area contributed by atoms with Crippen LogP contribution in [0.2, 0.25) is 0 Å². The van der Waals surface area contributed by atoms with Gasteiger partial charge in [-0.05, 0) is 37.9 Å². The number of amides is 1. The average molecular weight is 247 g/mol. The van der Waals surface area contributed by atoms with Gasteiger partial charge in [0.05, 0.1) is 5.56 Å². The summed E-state index contributed by atoms with van der Waals surface area (Å²) in [6, 6.07) is 2.34. The van der Waals surface area contributed by atoms with Crippen LogP contribution in [0.4, 0.5) is 0 Å². The van der Waals surface area contributed by atoms with Gasteiger partial charge in [-0.2, -0.15) is 0 Å². The van der Waals surface area contributed by atoms with Crippen LogP contribution < -0.4 is 5.32 Å². The lowest BCUT2D eigenvalue weighted by molar-refractivity contribution is 0.0695. The van der Waals surface area contributed by atoms with E-state index in [1.165, 1.54) is 0 Å². The zero-order valence-corrected chi connectivity index (χ0v) is 11.1. The van der Waals surface area contributed by atoms with E-state index in [2.05, 4.69) is 17.2 Å². The lowest BCUT2D eigenvalue weighted by Gasteiger charge is -2.33. The van der Waals surface area contributed by atoms with Gasteiger partial charge in [-0.15, -0.1) is 0 Å². The van der Waals surface area contributed by atoms with E-state index < -0.39 is 0 Å². The number of likely N-dealkylation sites (N-methyl/N-ethyl adjacent to an activating group) is 1. The van der Waals surface area contributed by atoms with Gasteiger partial charge in [0, 0.05) is 31.5 Å². The Morgan fingerprint density at radius 3 is 3.11 bits per heavy atom. The van der Waals surface area contributed by atoms with Gasteiger partial charge < -0.3 is 10.2 Å². The highest BCUT2D eigenvalue weighted by Gasteiger charge is 2.23. The van der Waals surface area contributed by atoms with E-state index in [-0.39, 0.29) is 5.91 Å². The maximum absolute atomic E-state index is 12.4. The van der Waals surface area contributed by atoms with Crippen LogP contribution in [0.1, 0.15) is 35.7 Å². The quantitative estimate of drug-likeness (QED) is 0.882. The van der Waals surface area contributed by atoms with Gasteiger partial charge in [0.25, 0.3) is 5.91 Å². The van der Waals surface area contributed by atoms with E-state index in [1.54, 1.807) is 12.4 Å². The summed E-state index contributed by atoms with van der Waals surface area (Å²) in [5.74, 6) is 0.105. The molecule has 1 aromatic rings. The van der Waals surface area contributed by atoms with Gasteiger partial charge in [0.1, 0.15) is 0 Å². The first-order chi connectivity index (χ1) is 8.70. The maximum atomic E-state index is 12.4. The first kappa shape index (κ1) is 13.0. The van der Waals surface area contributed by atoms with Crippen LogP contribution in [-0.4, -0.2) is 41.5 Å². The Morgan fingerprint density at radius 2 is 2.39 bits per heavy atom. The molecule has 1 fully saturated rings. The highest BCUT2D eigenvalue weighted by atomic mass is 16.2. The minimum atomic E-state index is 0.105. The van der Waals surface area contributed by atoms with Gasteiger partial charge >= 0.3 is 0 Å². The van der Waals surface area contributed by atoms with Gasteiger partial charge in [-0.3, -0.25) is 9.78 Å². The number of aromatic nitrogens is 1. The topological polar surface area (TPSA) is 45.2 Å². The Bertz CT molecular complexity index is 417. The van der Waals surface area contributed by atoms with Gasteiger partial charge in [0.2, 0.25) is 0 Å². The summed E-state index contributed by atoms with van der Waals surface area (Å²) in [6.45, 7) is 6.68. The van der Waals surface area contributed by atoms with Gasteiger partial charge in [-0.1, -0.05) is 6.92 Å². The molecule has 1 atom stereocenters. The molecule has 0 spiro atoms. The van der Waals surface area contributed by atoms with E-state index in [0.717, 1.165) is 38.0 Å². The van der Waals surface area contributed by atoms with Crippen molar-refractivity contribution in [1.29, 1.82) is 0 Å². The van der Waals surface area contributed by atoms with Crippen molar-refractivity contribution in [2.75, 3.05) is 19.6 Å². The van der Waals surface area contributed by atoms with Crippen molar-refractivity contribution in [2.45, 2.75) is 32.7 Å². The number of hydrogen-bond donors (Lipinski definition) is 1. The molecule has 1 saturated heterocycles. The SMILES string of the molecule is CCNC1CCCN(C(=O)c2cncc(C)c2)C1. The number of carbonyl (C=O) groups is 1. The molecular weight excluding hydrogens is 226 g/mol. The third-order valence-corrected chi connectivity index (χ3v) is 3.32. The summed E-state index contributed by atoms with van der Waals surface area (Å²) < 4.78 is 0. The lowest BCUT2D eigenvalue weighted by Crippen LogP contribution is -2.47. The minimum Gasteiger partial charge on any atom is -0.337 e. The Kier molecular flexibility index (Phi) is 4.31. The minimum absolute atomic E-state index is 0.105. The maximum Gasteiger partial charge on any atom is 0.255 e. The molecule has 0 aliphatic carbocycles. The number of pyridine rings is 1. The summed E-state index contributed by atoms with van der Waals surface area (Å²) in [5, 5.41) is 3.42. The van der Waals surface area contributed by atoms with Gasteiger partial charge in [-0.25, -0.2) is 0 Å². The van der Waals surface area contributed by atoms with Crippen LogP contribution in [-0.2, 0) is 0 Å². The number of nitrogens with zero attached hydrogens (tertiary/aromatic N) is 2. The summed E-state index contributed by atoms with van der Waals surface area (Å²) in [7, 11) is 0. The molecule has 4 heteroatoms. The highest BCUT2D eigenvalue weighted by molar-refractivity contribution is 5.94. The van der Waals surface area contributed by atoms with E-state index in [4.69, 9.17) is 0 Å². The Labute approximate surface area is 108 Å². The Morgan fingerprint density at radius 1 is 1.56 bits per heavy atom. The number of hydrogen-bond acceptors (Lipinski definition) is 3. The first-order valence-electron chi connectivity index (χ1n) is 6.65. The average Bonchev–Trinajstić information content (AvgIpc) is 2.39. The number of rotatable bonds is 3. The highest BCUT2D eigenvalue weighted by Crippen LogP contribution is 2.14. The molecule has 2 rings (SSSR count). The predicted molar refractivity (Wildman–Crippen MR) is 71.6 cm³/mol. The number of nitrogens with one attached hydrogen (secondary N) is 1. The fourth-order valence-corrected chi connectivity index (χ4v) is 2.47. The largest absolute Gasteiger partial charge is 0.337 e. The summed E-state index contributed by atoms with van der Waals surface area (Å²) in [4.78, 5) is 18.4. The zero-order valence-electron chi connectivity index (χ0n) is 11.1. The molecule has 0 saturated carbocycles. The van der Waals surface area contributed by atoms with E-state index >= 15 is 0 Å². The Hall–Kier alpha value is -1.42. The molecule has 1 unspecified atom stereocenters. The van der Waals surface area contributed by atoms with Crippen LogP contribution in [0.5, 0.6) is 0 Å². The summed E-state index contributed by atoms with van der Waals surface area (Å²) >= 11 is 0. The lowest BCUT2D eigenvalue weighted by atomic mass is 10.0. The second kappa shape index (κ2) is 5.96. The van der Waals surface area contributed by atoms with Crippen molar-refractivity contribution in [1.82, 2.24) is 15.2 Å². The molecule has 1 aromatic heterocycles. The van der Waals surface area contributed by atoms with Crippen molar-refractivity contribution >= 4 is 5.91 Å². The van der Waals surface area contributed by atoms with E-state index in [9.17, 15) is 4.79 Å². The summed E-state index contributed by atoms with van der Waals surface area (Å²) in [6.07, 6.45) is 5.66. The molecule has 4 nitrogen and oxygen atoms in total. The Balaban J connectivity index is 2.04. The molecule has 1 aliphatic heterocycles. The van der Waals surface area contributed by atoms with Crippen LogP contribution in [0, 0.1) is 6.92 Å². The third-order valence-electron chi connectivity index (χ3n) is 3.32. The number of aryl methyl sites for hydroxylation is 1. The number of carbonyl (C=O) groups excluding carboxylic acids is 1. The van der Waals surface area contributed by atoms with Crippen molar-refractivity contribution in [2.24, 2.45) is 0 Å². The number of likely N-dealkylation sites (tertiary alicyclic amines) is 1. The van der Waals surface area contributed by atoms with Crippen LogP contribution >= 0.6 is 0 Å². The molecule has 1 amide bonds. The normalized spacial score (nSPS) is 19.9. The van der Waals surface area contributed by atoms with Crippen molar-refractivity contribution < 1.29 is 4.79 Å². The fraction of sp³-hybridized carbons (Fsp3) is 0.571. The molecule has 0 radical (unpaired) electrons. The predicted octanol–water partition coefficient (Wildman–Crippen LogP) is 1.60. The molecule has 2 heterocycles. The number of piperidine rings is 1. The van der Waals surface area contributed by atoms with Crippen molar-refractivity contribution in [3.63, 3.8) is 0 Å². The molecule has 1 N–H and O–H groups in total. The molecular formula is C14H21N3O. The second-order valence-electron chi connectivity index (χ2n) is 4.90. The molecule has 0 bridgehead atoms. The standard InChI is InChI=1S/C14H21N3O/c1-3-16-13-5-4-6-17(10-13)14(18)12-7-11(2)8-15-9-12/h7-9,13,16H,3-6,10H2,1-2H3. The van der Waals surface area contributed by atoms with Crippen molar-refractivity contribution in [3.05, 3.63) is 29.6 Å². The molecule has 0 aromatic carbocycles. The zero-order chi connectivity index (χ0) is 13.0. The van der Waals surface area contributed by atoms with Crippen LogP contribution in [0.25, 0.3) is 0 Å². The van der Waals surface area contributed by atoms with Crippen LogP contribution in [0.3, 0.4) is 0 Å². The van der Waals surface area contributed by atoms with E-state index in [0.29, 0.717) is 11.6 Å². The molecule has 18 heavy (non-hydrogen) atoms. The van der Waals surface area contributed by atoms with Crippen molar-refractivity contribution in [3.8, 4) is 0 Å². The first-order valence-corrected chi connectivity index (χ1v) is 6.65.